The van der Waals surface area contributed by atoms with Gasteiger partial charge in [0.05, 0.1) is 27.4 Å². The van der Waals surface area contributed by atoms with Crippen molar-refractivity contribution >= 4 is 0 Å². The molecular weight excluding hydrogens is 238 g/mol. The molecule has 0 fully saturated rings. The number of hydrogen-bond acceptors (Lipinski definition) is 6. The van der Waals surface area contributed by atoms with Gasteiger partial charge in [-0.05, 0) is 6.07 Å². The van der Waals surface area contributed by atoms with Crippen LogP contribution in [0.2, 0.25) is 0 Å². The first-order chi connectivity index (χ1) is 8.58. The second-order valence-corrected chi connectivity index (χ2v) is 3.70. The summed E-state index contributed by atoms with van der Waals surface area (Å²) in [6.07, 6.45) is -2.22. The van der Waals surface area contributed by atoms with Crippen molar-refractivity contribution in [1.29, 1.82) is 0 Å². The zero-order valence-electron chi connectivity index (χ0n) is 10.7. The molecule has 18 heavy (non-hydrogen) atoms. The number of rotatable bonds is 6. The van der Waals surface area contributed by atoms with Crippen LogP contribution >= 0.6 is 0 Å². The zero-order valence-corrected chi connectivity index (χ0v) is 10.7. The highest BCUT2D eigenvalue weighted by Gasteiger charge is 2.23. The summed E-state index contributed by atoms with van der Waals surface area (Å²) < 4.78 is 15.4. The molecule has 2 unspecified atom stereocenters. The molecule has 0 radical (unpaired) electrons. The summed E-state index contributed by atoms with van der Waals surface area (Å²) in [7, 11) is 4.45. The van der Waals surface area contributed by atoms with Gasteiger partial charge >= 0.3 is 0 Å². The summed E-state index contributed by atoms with van der Waals surface area (Å²) >= 11 is 0. The van der Waals surface area contributed by atoms with Crippen molar-refractivity contribution in [3.8, 4) is 17.2 Å². The first-order valence-corrected chi connectivity index (χ1v) is 5.45. The van der Waals surface area contributed by atoms with E-state index in [1.165, 1.54) is 21.3 Å². The van der Waals surface area contributed by atoms with Crippen LogP contribution in [0.1, 0.15) is 11.7 Å². The third kappa shape index (κ3) is 2.84. The van der Waals surface area contributed by atoms with Crippen LogP contribution in [-0.4, -0.2) is 44.2 Å². The summed E-state index contributed by atoms with van der Waals surface area (Å²) in [5.41, 5.74) is 5.72. The summed E-state index contributed by atoms with van der Waals surface area (Å²) in [5, 5.41) is 19.6. The molecule has 0 aromatic heterocycles. The fourth-order valence-corrected chi connectivity index (χ4v) is 1.62. The Balaban J connectivity index is 3.24. The highest BCUT2D eigenvalue weighted by Crippen LogP contribution is 2.38. The van der Waals surface area contributed by atoms with Gasteiger partial charge in [0.15, 0.2) is 11.5 Å². The van der Waals surface area contributed by atoms with Crippen molar-refractivity contribution in [2.45, 2.75) is 12.2 Å². The topological polar surface area (TPSA) is 94.2 Å². The fraction of sp³-hybridized carbons (Fsp3) is 0.500. The standard InChI is InChI=1S/C12H19NO5/c1-16-9-5-11(18-3)10(17-2)4-7(9)12(15)8(14)6-13/h4-5,8,12,14-15H,6,13H2,1-3H3. The minimum absolute atomic E-state index is 0.0569. The van der Waals surface area contributed by atoms with E-state index < -0.39 is 12.2 Å². The Morgan fingerprint density at radius 3 is 1.94 bits per heavy atom. The van der Waals surface area contributed by atoms with Crippen molar-refractivity contribution in [3.05, 3.63) is 17.7 Å². The van der Waals surface area contributed by atoms with Crippen molar-refractivity contribution < 1.29 is 24.4 Å². The van der Waals surface area contributed by atoms with Crippen molar-refractivity contribution in [2.24, 2.45) is 5.73 Å². The number of ether oxygens (including phenoxy) is 3. The Hall–Kier alpha value is -1.50. The Morgan fingerprint density at radius 1 is 1.00 bits per heavy atom. The van der Waals surface area contributed by atoms with Gasteiger partial charge in [-0.3, -0.25) is 0 Å². The van der Waals surface area contributed by atoms with Crippen molar-refractivity contribution in [1.82, 2.24) is 0 Å². The van der Waals surface area contributed by atoms with Crippen LogP contribution in [0.15, 0.2) is 12.1 Å². The number of hydrogen-bond donors (Lipinski definition) is 3. The molecule has 0 amide bonds. The van der Waals surface area contributed by atoms with Crippen LogP contribution in [0.5, 0.6) is 17.2 Å². The number of nitrogens with two attached hydrogens (primary N) is 1. The van der Waals surface area contributed by atoms with Crippen LogP contribution < -0.4 is 19.9 Å². The molecule has 6 heteroatoms. The van der Waals surface area contributed by atoms with E-state index in [0.717, 1.165) is 0 Å². The average Bonchev–Trinajstić information content (AvgIpc) is 2.43. The van der Waals surface area contributed by atoms with Gasteiger partial charge in [0.1, 0.15) is 11.9 Å². The molecule has 1 aromatic carbocycles. The third-order valence-corrected chi connectivity index (χ3v) is 2.66. The molecule has 0 bridgehead atoms. The summed E-state index contributed by atoms with van der Waals surface area (Å²) in [6.45, 7) is -0.0569. The van der Waals surface area contributed by atoms with Gasteiger partial charge in [-0.1, -0.05) is 0 Å². The second kappa shape index (κ2) is 6.44. The maximum atomic E-state index is 9.98. The van der Waals surface area contributed by atoms with Crippen molar-refractivity contribution in [3.63, 3.8) is 0 Å². The molecular formula is C12H19NO5. The van der Waals surface area contributed by atoms with E-state index in [0.29, 0.717) is 22.8 Å². The monoisotopic (exact) mass is 257 g/mol. The molecule has 0 saturated carbocycles. The fourth-order valence-electron chi connectivity index (χ4n) is 1.62. The van der Waals surface area contributed by atoms with Gasteiger partial charge in [0.2, 0.25) is 0 Å². The first-order valence-electron chi connectivity index (χ1n) is 5.45. The molecule has 4 N–H and O–H groups in total. The maximum Gasteiger partial charge on any atom is 0.164 e. The van der Waals surface area contributed by atoms with E-state index >= 15 is 0 Å². The van der Waals surface area contributed by atoms with Crippen LogP contribution in [0.4, 0.5) is 0 Å². The molecule has 0 saturated heterocycles. The lowest BCUT2D eigenvalue weighted by atomic mass is 10.0. The quantitative estimate of drug-likeness (QED) is 0.667. The smallest absolute Gasteiger partial charge is 0.164 e. The number of aliphatic hydroxyl groups excluding tert-OH is 2. The second-order valence-electron chi connectivity index (χ2n) is 3.70. The normalized spacial score (nSPS) is 13.9. The summed E-state index contributed by atoms with van der Waals surface area (Å²) in [5.74, 6) is 1.32. The lowest BCUT2D eigenvalue weighted by molar-refractivity contribution is 0.0227. The number of methoxy groups -OCH3 is 3. The Morgan fingerprint density at radius 2 is 1.50 bits per heavy atom. The lowest BCUT2D eigenvalue weighted by Gasteiger charge is -2.20. The largest absolute Gasteiger partial charge is 0.496 e. The van der Waals surface area contributed by atoms with E-state index in [1.807, 2.05) is 0 Å². The van der Waals surface area contributed by atoms with Gasteiger partial charge < -0.3 is 30.2 Å². The van der Waals surface area contributed by atoms with Gasteiger partial charge in [0, 0.05) is 18.2 Å². The Kier molecular flexibility index (Phi) is 5.21. The van der Waals surface area contributed by atoms with E-state index in [-0.39, 0.29) is 6.54 Å². The van der Waals surface area contributed by atoms with Crippen LogP contribution in [0.3, 0.4) is 0 Å². The van der Waals surface area contributed by atoms with E-state index in [9.17, 15) is 10.2 Å². The van der Waals surface area contributed by atoms with E-state index in [1.54, 1.807) is 12.1 Å². The maximum absolute atomic E-state index is 9.98. The number of benzene rings is 1. The van der Waals surface area contributed by atoms with Crippen LogP contribution in [0.25, 0.3) is 0 Å². The van der Waals surface area contributed by atoms with Crippen LogP contribution in [0, 0.1) is 0 Å². The zero-order chi connectivity index (χ0) is 13.7. The Bertz CT molecular complexity index is 396. The lowest BCUT2D eigenvalue weighted by Crippen LogP contribution is -2.27. The highest BCUT2D eigenvalue weighted by atomic mass is 16.5. The minimum Gasteiger partial charge on any atom is -0.496 e. The molecule has 0 heterocycles. The summed E-state index contributed by atoms with van der Waals surface area (Å²) in [4.78, 5) is 0. The molecule has 102 valence electrons. The van der Waals surface area contributed by atoms with Gasteiger partial charge in [0.25, 0.3) is 0 Å². The molecule has 2 atom stereocenters. The SMILES string of the molecule is COc1cc(OC)c(C(O)C(O)CN)cc1OC. The molecule has 0 aliphatic heterocycles. The molecule has 1 aromatic rings. The Labute approximate surface area is 106 Å². The molecule has 0 aliphatic carbocycles. The van der Waals surface area contributed by atoms with E-state index in [4.69, 9.17) is 19.9 Å². The van der Waals surface area contributed by atoms with Gasteiger partial charge in [-0.15, -0.1) is 0 Å². The van der Waals surface area contributed by atoms with Crippen molar-refractivity contribution in [2.75, 3.05) is 27.9 Å². The predicted molar refractivity (Wildman–Crippen MR) is 66.1 cm³/mol. The summed E-state index contributed by atoms with van der Waals surface area (Å²) in [6, 6.07) is 3.14. The predicted octanol–water partition coefficient (Wildman–Crippen LogP) is 0.0654. The molecule has 0 spiro atoms. The van der Waals surface area contributed by atoms with E-state index in [2.05, 4.69) is 0 Å². The molecule has 1 rings (SSSR count). The van der Waals surface area contributed by atoms with Gasteiger partial charge in [-0.2, -0.15) is 0 Å². The van der Waals surface area contributed by atoms with Crippen LogP contribution in [-0.2, 0) is 0 Å². The molecule has 0 aliphatic rings. The minimum atomic E-state index is -1.15. The third-order valence-electron chi connectivity index (χ3n) is 2.66. The highest BCUT2D eigenvalue weighted by molar-refractivity contribution is 5.51. The first kappa shape index (κ1) is 14.6. The van der Waals surface area contributed by atoms with Gasteiger partial charge in [-0.25, -0.2) is 0 Å². The number of aliphatic hydroxyl groups is 2. The average molecular weight is 257 g/mol. The molecule has 6 nitrogen and oxygen atoms in total.